The third-order valence-electron chi connectivity index (χ3n) is 2.47. The lowest BCUT2D eigenvalue weighted by Gasteiger charge is -2.11. The molecular weight excluding hydrogens is 328 g/mol. The Bertz CT molecular complexity index is 499. The first kappa shape index (κ1) is 16.5. The maximum Gasteiger partial charge on any atom is 0.317 e. The van der Waals surface area contributed by atoms with Crippen LogP contribution in [0.5, 0.6) is 11.5 Å². The third kappa shape index (κ3) is 4.52. The first-order valence-electron chi connectivity index (χ1n) is 6.00. The van der Waals surface area contributed by atoms with Gasteiger partial charge in [-0.1, -0.05) is 22.9 Å². The van der Waals surface area contributed by atoms with E-state index >= 15 is 0 Å². The first-order chi connectivity index (χ1) is 9.51. The number of rotatable bonds is 6. The summed E-state index contributed by atoms with van der Waals surface area (Å²) in [6, 6.07) is 3.36. The van der Waals surface area contributed by atoms with Crippen LogP contribution in [0.25, 0.3) is 0 Å². The van der Waals surface area contributed by atoms with Gasteiger partial charge in [0.05, 0.1) is 27.1 Å². The molecule has 20 heavy (non-hydrogen) atoms. The molecule has 5 nitrogen and oxygen atoms in total. The van der Waals surface area contributed by atoms with Crippen molar-refractivity contribution in [2.45, 2.75) is 19.8 Å². The van der Waals surface area contributed by atoms with E-state index in [0.29, 0.717) is 28.0 Å². The van der Waals surface area contributed by atoms with Crippen molar-refractivity contribution in [2.75, 3.05) is 14.2 Å². The molecule has 0 fully saturated rings. The zero-order chi connectivity index (χ0) is 15.1. The summed E-state index contributed by atoms with van der Waals surface area (Å²) in [5.41, 5.74) is 0.650. The number of carbonyl (C=O) groups excluding carboxylic acids is 2. The molecule has 0 amide bonds. The number of benzene rings is 1. The zero-order valence-corrected chi connectivity index (χ0v) is 13.2. The Kier molecular flexibility index (Phi) is 6.51. The van der Waals surface area contributed by atoms with Crippen LogP contribution in [0.2, 0.25) is 0 Å². The molecule has 6 heteroatoms. The SMILES string of the molecule is CC[CH]C(=O)OC(=O)Cc1cc(OC)c(OC)cc1Br. The lowest BCUT2D eigenvalue weighted by Crippen LogP contribution is -2.14. The van der Waals surface area contributed by atoms with Gasteiger partial charge in [-0.3, -0.25) is 9.59 Å². The van der Waals surface area contributed by atoms with E-state index < -0.39 is 11.9 Å². The topological polar surface area (TPSA) is 61.8 Å². The molecule has 0 spiro atoms. The smallest absolute Gasteiger partial charge is 0.317 e. The summed E-state index contributed by atoms with van der Waals surface area (Å²) < 4.78 is 15.6. The van der Waals surface area contributed by atoms with Crippen LogP contribution in [0.3, 0.4) is 0 Å². The Hall–Kier alpha value is -1.56. The van der Waals surface area contributed by atoms with E-state index in [-0.39, 0.29) is 6.42 Å². The summed E-state index contributed by atoms with van der Waals surface area (Å²) in [6.45, 7) is 1.79. The normalized spacial score (nSPS) is 10.0. The Labute approximate surface area is 126 Å². The highest BCUT2D eigenvalue weighted by Crippen LogP contribution is 2.33. The van der Waals surface area contributed by atoms with Crippen LogP contribution >= 0.6 is 15.9 Å². The summed E-state index contributed by atoms with van der Waals surface area (Å²) in [4.78, 5) is 22.8. The maximum atomic E-state index is 11.6. The van der Waals surface area contributed by atoms with Crippen molar-refractivity contribution in [1.82, 2.24) is 0 Å². The molecule has 1 aromatic carbocycles. The summed E-state index contributed by atoms with van der Waals surface area (Å²) >= 11 is 3.34. The number of carbonyl (C=O) groups is 2. The summed E-state index contributed by atoms with van der Waals surface area (Å²) in [6.07, 6.45) is 1.79. The van der Waals surface area contributed by atoms with Gasteiger partial charge in [-0.2, -0.15) is 0 Å². The highest BCUT2D eigenvalue weighted by atomic mass is 79.9. The van der Waals surface area contributed by atoms with Crippen LogP contribution in [0.1, 0.15) is 18.9 Å². The van der Waals surface area contributed by atoms with Crippen LogP contribution in [0.4, 0.5) is 0 Å². The molecule has 0 aliphatic rings. The van der Waals surface area contributed by atoms with Crippen LogP contribution in [0, 0.1) is 6.42 Å². The van der Waals surface area contributed by atoms with Gasteiger partial charge >= 0.3 is 11.9 Å². The second-order valence-corrected chi connectivity index (χ2v) is 4.74. The lowest BCUT2D eigenvalue weighted by atomic mass is 10.1. The van der Waals surface area contributed by atoms with Crippen LogP contribution in [0.15, 0.2) is 16.6 Å². The predicted molar refractivity (Wildman–Crippen MR) is 76.6 cm³/mol. The largest absolute Gasteiger partial charge is 0.493 e. The van der Waals surface area contributed by atoms with Crippen molar-refractivity contribution < 1.29 is 23.8 Å². The van der Waals surface area contributed by atoms with Gasteiger partial charge in [0.1, 0.15) is 0 Å². The third-order valence-corrected chi connectivity index (χ3v) is 3.21. The molecule has 0 atom stereocenters. The fraction of sp³-hybridized carbons (Fsp3) is 0.357. The van der Waals surface area contributed by atoms with Gasteiger partial charge in [0.15, 0.2) is 11.5 Å². The summed E-state index contributed by atoms with van der Waals surface area (Å²) in [5, 5.41) is 0. The molecule has 1 rings (SSSR count). The molecule has 0 unspecified atom stereocenters. The standard InChI is InChI=1S/C14H16BrO5/c1-4-5-13(16)20-14(17)7-9-6-11(18-2)12(19-3)8-10(9)15/h5-6,8H,4,7H2,1-3H3. The molecule has 1 radical (unpaired) electrons. The first-order valence-corrected chi connectivity index (χ1v) is 6.79. The number of methoxy groups -OCH3 is 2. The molecule has 0 saturated heterocycles. The monoisotopic (exact) mass is 343 g/mol. The van der Waals surface area contributed by atoms with E-state index in [2.05, 4.69) is 20.7 Å². The van der Waals surface area contributed by atoms with E-state index in [9.17, 15) is 9.59 Å². The van der Waals surface area contributed by atoms with E-state index in [1.807, 2.05) is 0 Å². The van der Waals surface area contributed by atoms with Crippen molar-refractivity contribution >= 4 is 27.9 Å². The fourth-order valence-electron chi connectivity index (χ4n) is 1.54. The molecular formula is C14H16BrO5. The molecule has 1 aromatic rings. The Morgan fingerprint density at radius 2 is 1.80 bits per heavy atom. The van der Waals surface area contributed by atoms with Gasteiger partial charge in [-0.05, 0) is 24.1 Å². The molecule has 0 heterocycles. The lowest BCUT2D eigenvalue weighted by molar-refractivity contribution is -0.156. The highest BCUT2D eigenvalue weighted by Gasteiger charge is 2.15. The average molecular weight is 344 g/mol. The molecule has 0 aromatic heterocycles. The van der Waals surface area contributed by atoms with Crippen molar-refractivity contribution in [3.63, 3.8) is 0 Å². The molecule has 0 bridgehead atoms. The van der Waals surface area contributed by atoms with E-state index in [1.165, 1.54) is 20.6 Å². The minimum atomic E-state index is -0.630. The average Bonchev–Trinajstić information content (AvgIpc) is 2.40. The van der Waals surface area contributed by atoms with Gasteiger partial charge in [-0.25, -0.2) is 0 Å². The second-order valence-electron chi connectivity index (χ2n) is 3.88. The van der Waals surface area contributed by atoms with Crippen molar-refractivity contribution in [3.05, 3.63) is 28.6 Å². The molecule has 0 N–H and O–H groups in total. The van der Waals surface area contributed by atoms with E-state index in [4.69, 9.17) is 9.47 Å². The minimum Gasteiger partial charge on any atom is -0.493 e. The molecule has 109 valence electrons. The van der Waals surface area contributed by atoms with E-state index in [0.717, 1.165) is 0 Å². The minimum absolute atomic E-state index is 0.0375. The Morgan fingerprint density at radius 1 is 1.20 bits per heavy atom. The van der Waals surface area contributed by atoms with Crippen molar-refractivity contribution in [1.29, 1.82) is 0 Å². The molecule has 0 aliphatic carbocycles. The van der Waals surface area contributed by atoms with Gasteiger partial charge in [0, 0.05) is 4.47 Å². The van der Waals surface area contributed by atoms with Gasteiger partial charge < -0.3 is 14.2 Å². The van der Waals surface area contributed by atoms with Crippen LogP contribution < -0.4 is 9.47 Å². The number of esters is 2. The summed E-state index contributed by atoms with van der Waals surface area (Å²) in [7, 11) is 3.03. The van der Waals surface area contributed by atoms with Crippen molar-refractivity contribution in [3.8, 4) is 11.5 Å². The number of halogens is 1. The zero-order valence-electron chi connectivity index (χ0n) is 11.6. The van der Waals surface area contributed by atoms with E-state index in [1.54, 1.807) is 19.1 Å². The van der Waals surface area contributed by atoms with Gasteiger partial charge in [-0.15, -0.1) is 0 Å². The number of ether oxygens (including phenoxy) is 3. The molecule has 0 saturated carbocycles. The highest BCUT2D eigenvalue weighted by molar-refractivity contribution is 9.10. The Balaban J connectivity index is 2.82. The molecule has 0 aliphatic heterocycles. The van der Waals surface area contributed by atoms with Crippen LogP contribution in [-0.2, 0) is 20.7 Å². The second kappa shape index (κ2) is 7.89. The maximum absolute atomic E-state index is 11.6. The number of hydrogen-bond donors (Lipinski definition) is 0. The fourth-order valence-corrected chi connectivity index (χ4v) is 2.01. The van der Waals surface area contributed by atoms with Gasteiger partial charge in [0.2, 0.25) is 0 Å². The quantitative estimate of drug-likeness (QED) is 0.587. The van der Waals surface area contributed by atoms with Gasteiger partial charge in [0.25, 0.3) is 0 Å². The number of hydrogen-bond acceptors (Lipinski definition) is 5. The summed E-state index contributed by atoms with van der Waals surface area (Å²) in [5.74, 6) is -0.196. The van der Waals surface area contributed by atoms with Crippen LogP contribution in [-0.4, -0.2) is 26.2 Å². The Morgan fingerprint density at radius 3 is 2.35 bits per heavy atom. The van der Waals surface area contributed by atoms with Crippen molar-refractivity contribution in [2.24, 2.45) is 0 Å². The predicted octanol–water partition coefficient (Wildman–Crippen LogP) is 2.69.